The summed E-state index contributed by atoms with van der Waals surface area (Å²) in [6, 6.07) is 14.3. The summed E-state index contributed by atoms with van der Waals surface area (Å²) in [5, 5.41) is 3.02. The average molecular weight is 297 g/mol. The van der Waals surface area contributed by atoms with E-state index in [1.807, 2.05) is 24.3 Å². The number of halogens is 1. The SMILES string of the molecule is CCc1ccc(NC(=O)C2(c3ccc(F)cc3)CCC2)cc1. The highest BCUT2D eigenvalue weighted by Gasteiger charge is 2.45. The number of hydrogen-bond acceptors (Lipinski definition) is 1. The van der Waals surface area contributed by atoms with Crippen LogP contribution in [0.15, 0.2) is 48.5 Å². The molecule has 0 spiro atoms. The van der Waals surface area contributed by atoms with E-state index in [-0.39, 0.29) is 11.7 Å². The second-order valence-electron chi connectivity index (χ2n) is 5.95. The van der Waals surface area contributed by atoms with E-state index in [0.29, 0.717) is 0 Å². The molecule has 1 aliphatic rings. The summed E-state index contributed by atoms with van der Waals surface area (Å²) < 4.78 is 13.1. The van der Waals surface area contributed by atoms with E-state index in [4.69, 9.17) is 0 Å². The molecule has 0 aliphatic heterocycles. The minimum absolute atomic E-state index is 0.00890. The lowest BCUT2D eigenvalue weighted by Crippen LogP contribution is -2.46. The molecule has 2 aromatic rings. The lowest BCUT2D eigenvalue weighted by molar-refractivity contribution is -0.124. The minimum atomic E-state index is -0.503. The van der Waals surface area contributed by atoms with Crippen LogP contribution in [0.3, 0.4) is 0 Å². The number of anilines is 1. The third-order valence-corrected chi connectivity index (χ3v) is 4.66. The molecule has 22 heavy (non-hydrogen) atoms. The van der Waals surface area contributed by atoms with Gasteiger partial charge in [0.15, 0.2) is 0 Å². The first-order valence-electron chi connectivity index (χ1n) is 7.80. The number of benzene rings is 2. The Morgan fingerprint density at radius 1 is 1.09 bits per heavy atom. The molecule has 0 bridgehead atoms. The first kappa shape index (κ1) is 14.8. The molecule has 0 heterocycles. The first-order valence-corrected chi connectivity index (χ1v) is 7.80. The van der Waals surface area contributed by atoms with Crippen molar-refractivity contribution in [3.8, 4) is 0 Å². The summed E-state index contributed by atoms with van der Waals surface area (Å²) in [5.74, 6) is -0.261. The second-order valence-corrected chi connectivity index (χ2v) is 5.95. The van der Waals surface area contributed by atoms with Gasteiger partial charge in [-0.05, 0) is 54.7 Å². The van der Waals surface area contributed by atoms with Crippen LogP contribution in [-0.2, 0) is 16.6 Å². The third-order valence-electron chi connectivity index (χ3n) is 4.66. The molecule has 2 nitrogen and oxygen atoms in total. The number of carbonyl (C=O) groups excluding carboxylic acids is 1. The topological polar surface area (TPSA) is 29.1 Å². The van der Waals surface area contributed by atoms with Crippen LogP contribution in [-0.4, -0.2) is 5.91 Å². The van der Waals surface area contributed by atoms with Crippen LogP contribution in [0.25, 0.3) is 0 Å². The Labute approximate surface area is 130 Å². The Balaban J connectivity index is 1.80. The monoisotopic (exact) mass is 297 g/mol. The van der Waals surface area contributed by atoms with Crippen molar-refractivity contribution in [3.63, 3.8) is 0 Å². The van der Waals surface area contributed by atoms with Gasteiger partial charge in [-0.3, -0.25) is 4.79 Å². The van der Waals surface area contributed by atoms with Crippen LogP contribution >= 0.6 is 0 Å². The zero-order chi connectivity index (χ0) is 15.6. The van der Waals surface area contributed by atoms with Crippen molar-refractivity contribution < 1.29 is 9.18 Å². The van der Waals surface area contributed by atoms with Gasteiger partial charge in [-0.25, -0.2) is 4.39 Å². The molecule has 0 radical (unpaired) electrons. The molecular formula is C19H20FNO. The standard InChI is InChI=1S/C19H20FNO/c1-2-14-4-10-17(11-5-14)21-18(22)19(12-3-13-19)15-6-8-16(20)9-7-15/h4-11H,2-3,12-13H2,1H3,(H,21,22). The smallest absolute Gasteiger partial charge is 0.235 e. The number of aryl methyl sites for hydroxylation is 1. The Bertz CT molecular complexity index is 657. The van der Waals surface area contributed by atoms with E-state index in [9.17, 15) is 9.18 Å². The van der Waals surface area contributed by atoms with Crippen molar-refractivity contribution in [1.82, 2.24) is 0 Å². The maximum Gasteiger partial charge on any atom is 0.235 e. The summed E-state index contributed by atoms with van der Waals surface area (Å²) in [6.07, 6.45) is 3.64. The largest absolute Gasteiger partial charge is 0.325 e. The van der Waals surface area contributed by atoms with Gasteiger partial charge in [0.2, 0.25) is 5.91 Å². The van der Waals surface area contributed by atoms with E-state index < -0.39 is 5.41 Å². The summed E-state index contributed by atoms with van der Waals surface area (Å²) in [4.78, 5) is 12.8. The molecule has 0 aromatic heterocycles. The Hall–Kier alpha value is -2.16. The number of amides is 1. The van der Waals surface area contributed by atoms with Crippen LogP contribution in [0.2, 0.25) is 0 Å². The fraction of sp³-hybridized carbons (Fsp3) is 0.316. The van der Waals surface area contributed by atoms with E-state index in [2.05, 4.69) is 12.2 Å². The lowest BCUT2D eigenvalue weighted by Gasteiger charge is -2.40. The van der Waals surface area contributed by atoms with Crippen molar-refractivity contribution in [2.45, 2.75) is 38.0 Å². The summed E-state index contributed by atoms with van der Waals surface area (Å²) >= 11 is 0. The van der Waals surface area contributed by atoms with Crippen LogP contribution in [0.1, 0.15) is 37.3 Å². The van der Waals surface area contributed by atoms with Crippen molar-refractivity contribution in [3.05, 3.63) is 65.5 Å². The molecule has 0 atom stereocenters. The molecular weight excluding hydrogens is 277 g/mol. The van der Waals surface area contributed by atoms with Gasteiger partial charge in [-0.2, -0.15) is 0 Å². The van der Waals surface area contributed by atoms with Gasteiger partial charge in [-0.15, -0.1) is 0 Å². The fourth-order valence-electron chi connectivity index (χ4n) is 3.02. The third kappa shape index (κ3) is 2.63. The van der Waals surface area contributed by atoms with Crippen LogP contribution in [0, 0.1) is 5.82 Å². The molecule has 1 amide bonds. The highest BCUT2D eigenvalue weighted by Crippen LogP contribution is 2.44. The van der Waals surface area contributed by atoms with Crippen LogP contribution in [0.5, 0.6) is 0 Å². The van der Waals surface area contributed by atoms with E-state index in [1.54, 1.807) is 12.1 Å². The summed E-state index contributed by atoms with van der Waals surface area (Å²) in [5.41, 5.74) is 2.46. The van der Waals surface area contributed by atoms with Crippen molar-refractivity contribution in [2.24, 2.45) is 0 Å². The molecule has 114 valence electrons. The molecule has 3 heteroatoms. The fourth-order valence-corrected chi connectivity index (χ4v) is 3.02. The molecule has 1 saturated carbocycles. The van der Waals surface area contributed by atoms with Gasteiger partial charge < -0.3 is 5.32 Å². The van der Waals surface area contributed by atoms with E-state index in [0.717, 1.165) is 36.9 Å². The van der Waals surface area contributed by atoms with Gasteiger partial charge in [0.05, 0.1) is 5.41 Å². The summed E-state index contributed by atoms with van der Waals surface area (Å²) in [6.45, 7) is 2.10. The lowest BCUT2D eigenvalue weighted by atomic mass is 9.64. The Morgan fingerprint density at radius 2 is 1.73 bits per heavy atom. The van der Waals surface area contributed by atoms with Crippen molar-refractivity contribution >= 4 is 11.6 Å². The van der Waals surface area contributed by atoms with Crippen molar-refractivity contribution in [1.29, 1.82) is 0 Å². The molecule has 1 aliphatic carbocycles. The van der Waals surface area contributed by atoms with E-state index >= 15 is 0 Å². The number of hydrogen-bond donors (Lipinski definition) is 1. The number of rotatable bonds is 4. The highest BCUT2D eigenvalue weighted by atomic mass is 19.1. The molecule has 1 fully saturated rings. The normalized spacial score (nSPS) is 15.9. The van der Waals surface area contributed by atoms with E-state index in [1.165, 1.54) is 17.7 Å². The Kier molecular flexibility index (Phi) is 3.97. The molecule has 0 unspecified atom stereocenters. The number of carbonyl (C=O) groups is 1. The maximum atomic E-state index is 13.1. The zero-order valence-corrected chi connectivity index (χ0v) is 12.7. The summed E-state index contributed by atoms with van der Waals surface area (Å²) in [7, 11) is 0. The molecule has 0 saturated heterocycles. The minimum Gasteiger partial charge on any atom is -0.325 e. The van der Waals surface area contributed by atoms with Gasteiger partial charge in [0.1, 0.15) is 5.82 Å². The second kappa shape index (κ2) is 5.91. The first-order chi connectivity index (χ1) is 10.6. The molecule has 3 rings (SSSR count). The van der Waals surface area contributed by atoms with Gasteiger partial charge in [0.25, 0.3) is 0 Å². The van der Waals surface area contributed by atoms with Crippen LogP contribution < -0.4 is 5.32 Å². The predicted octanol–water partition coefficient (Wildman–Crippen LogP) is 4.45. The number of nitrogens with one attached hydrogen (secondary N) is 1. The molecule has 1 N–H and O–H groups in total. The van der Waals surface area contributed by atoms with Gasteiger partial charge in [0, 0.05) is 5.69 Å². The zero-order valence-electron chi connectivity index (χ0n) is 12.7. The quantitative estimate of drug-likeness (QED) is 0.887. The highest BCUT2D eigenvalue weighted by molar-refractivity contribution is 5.99. The Morgan fingerprint density at radius 3 is 2.23 bits per heavy atom. The van der Waals surface area contributed by atoms with Crippen LogP contribution in [0.4, 0.5) is 10.1 Å². The maximum absolute atomic E-state index is 13.1. The molecule has 2 aromatic carbocycles. The van der Waals surface area contributed by atoms with Gasteiger partial charge >= 0.3 is 0 Å². The van der Waals surface area contributed by atoms with Gasteiger partial charge in [-0.1, -0.05) is 37.6 Å². The average Bonchev–Trinajstić information content (AvgIpc) is 2.49. The predicted molar refractivity (Wildman–Crippen MR) is 86.4 cm³/mol. The van der Waals surface area contributed by atoms with Crippen molar-refractivity contribution in [2.75, 3.05) is 5.32 Å².